The van der Waals surface area contributed by atoms with E-state index in [1.165, 1.54) is 10.4 Å². The molecule has 1 heterocycles. The molecule has 0 aliphatic heterocycles. The third-order valence-corrected chi connectivity index (χ3v) is 7.28. The van der Waals surface area contributed by atoms with Gasteiger partial charge in [-0.1, -0.05) is 81.4 Å². The van der Waals surface area contributed by atoms with Gasteiger partial charge in [0.1, 0.15) is 0 Å². The average molecular weight is 426 g/mol. The number of hydrogen-bond acceptors (Lipinski definition) is 2. The minimum atomic E-state index is -1.84. The first-order valence-corrected chi connectivity index (χ1v) is 11.2. The molecule has 3 aromatic rings. The number of rotatable bonds is 5. The molecule has 2 nitrogen and oxygen atoms in total. The summed E-state index contributed by atoms with van der Waals surface area (Å²) in [5.74, 6) is 0. The molecule has 1 aromatic heterocycles. The van der Waals surface area contributed by atoms with Crippen molar-refractivity contribution in [1.29, 1.82) is 0 Å². The summed E-state index contributed by atoms with van der Waals surface area (Å²) < 4.78 is 7.85. The Hall–Kier alpha value is -1.75. The Balaban J connectivity index is 2.01. The number of aromatic nitrogens is 1. The zero-order valence-electron chi connectivity index (χ0n) is 15.4. The Morgan fingerprint density at radius 1 is 0.846 bits per heavy atom. The molecule has 0 spiro atoms. The van der Waals surface area contributed by atoms with Crippen molar-refractivity contribution in [1.82, 2.24) is 4.98 Å². The summed E-state index contributed by atoms with van der Waals surface area (Å²) in [5.41, 5.74) is 0.917. The molecule has 0 amide bonds. The molecule has 0 N–H and O–H groups in total. The third-order valence-electron chi connectivity index (χ3n) is 4.28. The van der Waals surface area contributed by atoms with Crippen molar-refractivity contribution < 1.29 is 4.43 Å². The molecule has 0 saturated heterocycles. The van der Waals surface area contributed by atoms with Gasteiger partial charge < -0.3 is 4.43 Å². The van der Waals surface area contributed by atoms with Gasteiger partial charge >= 0.3 is 0 Å². The number of pyridine rings is 1. The highest BCUT2D eigenvalue weighted by atomic mass is 79.9. The SMILES string of the molecule is CC(C)(C)C(O[SiH](c1ccccc1)c1ccccc1)c1ccc(Br)cn1. The maximum Gasteiger partial charge on any atom is 0.240 e. The van der Waals surface area contributed by atoms with Gasteiger partial charge in [0.2, 0.25) is 9.04 Å². The molecule has 26 heavy (non-hydrogen) atoms. The van der Waals surface area contributed by atoms with E-state index in [1.807, 2.05) is 12.3 Å². The monoisotopic (exact) mass is 425 g/mol. The summed E-state index contributed by atoms with van der Waals surface area (Å²) in [7, 11) is -1.84. The molecule has 0 aliphatic carbocycles. The molecule has 0 radical (unpaired) electrons. The highest BCUT2D eigenvalue weighted by molar-refractivity contribution is 9.10. The van der Waals surface area contributed by atoms with Gasteiger partial charge in [-0.2, -0.15) is 0 Å². The maximum atomic E-state index is 6.87. The summed E-state index contributed by atoms with van der Waals surface area (Å²) in [5, 5.41) is 2.56. The Labute approximate surface area is 166 Å². The lowest BCUT2D eigenvalue weighted by Crippen LogP contribution is -2.47. The molecule has 2 aromatic carbocycles. The highest BCUT2D eigenvalue weighted by Crippen LogP contribution is 2.35. The molecule has 3 rings (SSSR count). The van der Waals surface area contributed by atoms with Crippen LogP contribution < -0.4 is 10.4 Å². The Kier molecular flexibility index (Phi) is 6.07. The van der Waals surface area contributed by atoms with Crippen LogP contribution in [0.4, 0.5) is 0 Å². The van der Waals surface area contributed by atoms with E-state index in [4.69, 9.17) is 4.43 Å². The van der Waals surface area contributed by atoms with Crippen molar-refractivity contribution in [3.63, 3.8) is 0 Å². The molecule has 4 heteroatoms. The molecule has 0 bridgehead atoms. The number of benzene rings is 2. The summed E-state index contributed by atoms with van der Waals surface area (Å²) in [6.07, 6.45) is 1.77. The second-order valence-corrected chi connectivity index (χ2v) is 10.8. The van der Waals surface area contributed by atoms with Crippen molar-refractivity contribution in [2.45, 2.75) is 26.9 Å². The van der Waals surface area contributed by atoms with Crippen LogP contribution in [-0.4, -0.2) is 14.0 Å². The fraction of sp³-hybridized carbons (Fsp3) is 0.227. The number of hydrogen-bond donors (Lipinski definition) is 0. The van der Waals surface area contributed by atoms with Gasteiger partial charge in [-0.3, -0.25) is 4.98 Å². The molecule has 0 aliphatic rings. The predicted octanol–water partition coefficient (Wildman–Crippen LogP) is 4.49. The quantitative estimate of drug-likeness (QED) is 0.561. The van der Waals surface area contributed by atoms with E-state index in [0.717, 1.165) is 10.2 Å². The summed E-state index contributed by atoms with van der Waals surface area (Å²) in [6, 6.07) is 25.3. The van der Waals surface area contributed by atoms with Crippen molar-refractivity contribution in [3.8, 4) is 0 Å². The minimum absolute atomic E-state index is 0.0599. The normalized spacial score (nSPS) is 13.0. The molecule has 0 saturated carbocycles. The molecule has 134 valence electrons. The summed E-state index contributed by atoms with van der Waals surface area (Å²) >= 11 is 3.47. The van der Waals surface area contributed by atoms with E-state index in [1.54, 1.807) is 0 Å². The molecular formula is C22H24BrNOSi. The largest absolute Gasteiger partial charge is 0.402 e. The Bertz CT molecular complexity index is 777. The fourth-order valence-electron chi connectivity index (χ4n) is 3.00. The Morgan fingerprint density at radius 3 is 1.81 bits per heavy atom. The van der Waals surface area contributed by atoms with Crippen molar-refractivity contribution in [2.24, 2.45) is 5.41 Å². The van der Waals surface area contributed by atoms with E-state index in [2.05, 4.69) is 108 Å². The Morgan fingerprint density at radius 2 is 1.38 bits per heavy atom. The van der Waals surface area contributed by atoms with E-state index >= 15 is 0 Å². The molecule has 1 atom stereocenters. The van der Waals surface area contributed by atoms with Crippen LogP contribution in [0.2, 0.25) is 0 Å². The average Bonchev–Trinajstić information content (AvgIpc) is 2.64. The third kappa shape index (κ3) is 4.70. The van der Waals surface area contributed by atoms with Crippen LogP contribution in [-0.2, 0) is 4.43 Å². The first-order valence-electron chi connectivity index (χ1n) is 8.82. The number of nitrogens with zero attached hydrogens (tertiary/aromatic N) is 1. The zero-order valence-corrected chi connectivity index (χ0v) is 18.1. The highest BCUT2D eigenvalue weighted by Gasteiger charge is 2.32. The van der Waals surface area contributed by atoms with Gasteiger partial charge in [-0.25, -0.2) is 0 Å². The van der Waals surface area contributed by atoms with Crippen LogP contribution in [0.15, 0.2) is 83.5 Å². The van der Waals surface area contributed by atoms with Crippen molar-refractivity contribution in [3.05, 3.63) is 89.2 Å². The van der Waals surface area contributed by atoms with Gasteiger partial charge in [0, 0.05) is 10.7 Å². The predicted molar refractivity (Wildman–Crippen MR) is 115 cm³/mol. The topological polar surface area (TPSA) is 22.1 Å². The van der Waals surface area contributed by atoms with Gasteiger partial charge in [0.15, 0.2) is 0 Å². The van der Waals surface area contributed by atoms with Crippen molar-refractivity contribution in [2.75, 3.05) is 0 Å². The number of halogens is 1. The van der Waals surface area contributed by atoms with Crippen LogP contribution in [0.1, 0.15) is 32.6 Å². The first kappa shape index (κ1) is 19.0. The van der Waals surface area contributed by atoms with E-state index < -0.39 is 9.04 Å². The lowest BCUT2D eigenvalue weighted by molar-refractivity contribution is 0.0857. The van der Waals surface area contributed by atoms with E-state index in [-0.39, 0.29) is 11.5 Å². The zero-order chi connectivity index (χ0) is 18.6. The first-order chi connectivity index (χ1) is 12.4. The smallest absolute Gasteiger partial charge is 0.240 e. The summed E-state index contributed by atoms with van der Waals surface area (Å²) in [4.78, 5) is 4.64. The van der Waals surface area contributed by atoms with Crippen LogP contribution in [0.3, 0.4) is 0 Å². The second-order valence-electron chi connectivity index (χ2n) is 7.48. The van der Waals surface area contributed by atoms with Crippen LogP contribution in [0.5, 0.6) is 0 Å². The van der Waals surface area contributed by atoms with Gasteiger partial charge in [-0.05, 0) is 43.9 Å². The van der Waals surface area contributed by atoms with Crippen LogP contribution in [0, 0.1) is 5.41 Å². The summed E-state index contributed by atoms with van der Waals surface area (Å²) in [6.45, 7) is 6.63. The lowest BCUT2D eigenvalue weighted by atomic mass is 9.87. The molecular weight excluding hydrogens is 402 g/mol. The van der Waals surface area contributed by atoms with E-state index in [9.17, 15) is 0 Å². The molecule has 0 fully saturated rings. The van der Waals surface area contributed by atoms with Gasteiger partial charge in [-0.15, -0.1) is 0 Å². The fourth-order valence-corrected chi connectivity index (χ4v) is 5.90. The van der Waals surface area contributed by atoms with E-state index in [0.29, 0.717) is 0 Å². The molecule has 1 unspecified atom stereocenters. The lowest BCUT2D eigenvalue weighted by Gasteiger charge is -2.34. The van der Waals surface area contributed by atoms with Crippen LogP contribution >= 0.6 is 15.9 Å². The minimum Gasteiger partial charge on any atom is -0.402 e. The standard InChI is InChI=1S/C22H24BrNOSi/c1-22(2,3)21(20-15-14-17(23)16-24-20)25-26(18-10-6-4-7-11-18)19-12-8-5-9-13-19/h4-16,21,26H,1-3H3. The van der Waals surface area contributed by atoms with Gasteiger partial charge in [0.05, 0.1) is 11.8 Å². The second kappa shape index (κ2) is 8.29. The van der Waals surface area contributed by atoms with Crippen LogP contribution in [0.25, 0.3) is 0 Å². The van der Waals surface area contributed by atoms with Crippen molar-refractivity contribution >= 4 is 35.3 Å². The maximum absolute atomic E-state index is 6.87. The van der Waals surface area contributed by atoms with Gasteiger partial charge in [0.25, 0.3) is 0 Å².